The van der Waals surface area contributed by atoms with E-state index in [0.29, 0.717) is 23.4 Å². The Kier molecular flexibility index (Phi) is 4.09. The van der Waals surface area contributed by atoms with Crippen molar-refractivity contribution < 1.29 is 13.2 Å². The molecular formula is C18H20N2O3S. The molecule has 24 heavy (non-hydrogen) atoms. The summed E-state index contributed by atoms with van der Waals surface area (Å²) in [5.41, 5.74) is 4.27. The number of nitrogens with zero attached hydrogens (tertiary/aromatic N) is 2. The van der Waals surface area contributed by atoms with Crippen molar-refractivity contribution in [2.24, 2.45) is 0 Å². The Morgan fingerprint density at radius 3 is 2.50 bits per heavy atom. The number of aromatic nitrogens is 2. The number of hydrogen-bond donors (Lipinski definition) is 0. The van der Waals surface area contributed by atoms with Gasteiger partial charge in [0.15, 0.2) is 0 Å². The minimum absolute atomic E-state index is 0.146. The number of ether oxygens (including phenoxy) is 1. The van der Waals surface area contributed by atoms with Gasteiger partial charge in [-0.15, -0.1) is 0 Å². The molecule has 0 fully saturated rings. The number of aryl methyl sites for hydroxylation is 3. The van der Waals surface area contributed by atoms with Crippen LogP contribution in [0.4, 0.5) is 0 Å². The van der Waals surface area contributed by atoms with Gasteiger partial charge in [0.25, 0.3) is 10.0 Å². The average molecular weight is 344 g/mol. The number of rotatable bonds is 4. The predicted octanol–water partition coefficient (Wildman–Crippen LogP) is 3.60. The van der Waals surface area contributed by atoms with E-state index in [1.165, 1.54) is 10.3 Å². The fraction of sp³-hybridized carbons (Fsp3) is 0.278. The van der Waals surface area contributed by atoms with Crippen molar-refractivity contribution in [3.63, 3.8) is 0 Å². The Morgan fingerprint density at radius 1 is 1.08 bits per heavy atom. The van der Waals surface area contributed by atoms with Gasteiger partial charge in [0.2, 0.25) is 0 Å². The van der Waals surface area contributed by atoms with Crippen LogP contribution in [0.15, 0.2) is 41.6 Å². The van der Waals surface area contributed by atoms with Gasteiger partial charge in [-0.3, -0.25) is 0 Å². The van der Waals surface area contributed by atoms with E-state index >= 15 is 0 Å². The summed E-state index contributed by atoms with van der Waals surface area (Å²) in [6.07, 6.45) is 1.36. The maximum absolute atomic E-state index is 13.2. The number of hydrogen-bond acceptors (Lipinski definition) is 4. The highest BCUT2D eigenvalue weighted by molar-refractivity contribution is 7.90. The fourth-order valence-corrected chi connectivity index (χ4v) is 4.04. The average Bonchev–Trinajstić information content (AvgIpc) is 2.91. The molecule has 0 aliphatic carbocycles. The van der Waals surface area contributed by atoms with Gasteiger partial charge in [-0.05, 0) is 68.7 Å². The molecule has 5 nitrogen and oxygen atoms in total. The van der Waals surface area contributed by atoms with Crippen molar-refractivity contribution in [2.75, 3.05) is 6.61 Å². The Labute approximate surface area is 142 Å². The van der Waals surface area contributed by atoms with Gasteiger partial charge in [-0.25, -0.2) is 17.4 Å². The van der Waals surface area contributed by atoms with E-state index in [2.05, 4.69) is 4.98 Å². The second-order valence-electron chi connectivity index (χ2n) is 5.85. The fourth-order valence-electron chi connectivity index (χ4n) is 2.64. The zero-order chi connectivity index (χ0) is 17.5. The number of fused-ring (bicyclic) bond motifs is 1. The summed E-state index contributed by atoms with van der Waals surface area (Å²) < 4.78 is 33.1. The lowest BCUT2D eigenvalue weighted by Crippen LogP contribution is -2.14. The van der Waals surface area contributed by atoms with E-state index < -0.39 is 10.0 Å². The van der Waals surface area contributed by atoms with Crippen molar-refractivity contribution in [3.8, 4) is 5.75 Å². The van der Waals surface area contributed by atoms with E-state index in [1.807, 2.05) is 39.8 Å². The van der Waals surface area contributed by atoms with E-state index in [-0.39, 0.29) is 4.90 Å². The highest BCUT2D eigenvalue weighted by Gasteiger charge is 2.24. The van der Waals surface area contributed by atoms with Crippen molar-refractivity contribution in [1.29, 1.82) is 0 Å². The molecule has 6 heteroatoms. The molecule has 0 amide bonds. The first-order chi connectivity index (χ1) is 11.3. The first kappa shape index (κ1) is 16.5. The monoisotopic (exact) mass is 344 g/mol. The lowest BCUT2D eigenvalue weighted by atomic mass is 10.1. The summed E-state index contributed by atoms with van der Waals surface area (Å²) >= 11 is 0. The van der Waals surface area contributed by atoms with Gasteiger partial charge < -0.3 is 4.74 Å². The first-order valence-electron chi connectivity index (χ1n) is 7.78. The molecule has 0 spiro atoms. The molecule has 0 saturated heterocycles. The maximum Gasteiger partial charge on any atom is 0.273 e. The molecule has 0 N–H and O–H groups in total. The molecule has 0 unspecified atom stereocenters. The second kappa shape index (κ2) is 5.94. The maximum atomic E-state index is 13.2. The lowest BCUT2D eigenvalue weighted by Gasteiger charge is -2.13. The number of benzene rings is 2. The molecule has 0 saturated carbocycles. The summed E-state index contributed by atoms with van der Waals surface area (Å²) in [5, 5.41) is 0. The van der Waals surface area contributed by atoms with Crippen LogP contribution in [-0.4, -0.2) is 24.0 Å². The van der Waals surface area contributed by atoms with Crippen molar-refractivity contribution in [1.82, 2.24) is 8.96 Å². The summed E-state index contributed by atoms with van der Waals surface area (Å²) in [5.74, 6) is 0.364. The minimum atomic E-state index is -3.79. The van der Waals surface area contributed by atoms with Crippen molar-refractivity contribution in [2.45, 2.75) is 32.6 Å². The Hall–Kier alpha value is -2.34. The van der Waals surface area contributed by atoms with Crippen LogP contribution in [0, 0.1) is 20.8 Å². The third kappa shape index (κ3) is 2.67. The molecule has 0 atom stereocenters. The van der Waals surface area contributed by atoms with E-state index in [0.717, 1.165) is 16.7 Å². The van der Waals surface area contributed by atoms with Crippen LogP contribution in [0.5, 0.6) is 5.75 Å². The Bertz CT molecular complexity index is 1020. The smallest absolute Gasteiger partial charge is 0.273 e. The molecule has 3 aromatic rings. The third-order valence-corrected chi connectivity index (χ3v) is 5.77. The van der Waals surface area contributed by atoms with Gasteiger partial charge in [-0.1, -0.05) is 6.07 Å². The predicted molar refractivity (Wildman–Crippen MR) is 94.1 cm³/mol. The lowest BCUT2D eigenvalue weighted by molar-refractivity contribution is 0.331. The highest BCUT2D eigenvalue weighted by atomic mass is 32.2. The van der Waals surface area contributed by atoms with Crippen LogP contribution in [0.2, 0.25) is 0 Å². The quantitative estimate of drug-likeness (QED) is 0.725. The van der Waals surface area contributed by atoms with Gasteiger partial charge >= 0.3 is 0 Å². The third-order valence-electron chi connectivity index (χ3n) is 4.07. The van der Waals surface area contributed by atoms with Gasteiger partial charge in [-0.2, -0.15) is 0 Å². The molecule has 0 aliphatic heterocycles. The SMILES string of the molecule is CCOc1cc(C)ccc1S(=O)(=O)n1cnc2cc(C)c(C)cc21. The molecule has 0 radical (unpaired) electrons. The Balaban J connectivity index is 2.24. The molecule has 126 valence electrons. The largest absolute Gasteiger partial charge is 0.492 e. The summed E-state index contributed by atoms with van der Waals surface area (Å²) in [6.45, 7) is 8.07. The van der Waals surface area contributed by atoms with E-state index in [9.17, 15) is 8.42 Å². The van der Waals surface area contributed by atoms with Gasteiger partial charge in [0, 0.05) is 0 Å². The standard InChI is InChI=1S/C18H20N2O3S/c1-5-23-17-8-12(2)6-7-18(17)24(21,22)20-11-19-15-9-13(3)14(4)10-16(15)20/h6-11H,5H2,1-4H3. The van der Waals surface area contributed by atoms with Crippen molar-refractivity contribution >= 4 is 21.1 Å². The minimum Gasteiger partial charge on any atom is -0.492 e. The molecule has 1 heterocycles. The highest BCUT2D eigenvalue weighted by Crippen LogP contribution is 2.29. The molecule has 0 bridgehead atoms. The van der Waals surface area contributed by atoms with Crippen molar-refractivity contribution in [3.05, 3.63) is 53.3 Å². The first-order valence-corrected chi connectivity index (χ1v) is 9.22. The molecule has 1 aromatic heterocycles. The van der Waals surface area contributed by atoms with Crippen LogP contribution in [0.3, 0.4) is 0 Å². The zero-order valence-corrected chi connectivity index (χ0v) is 15.0. The molecule has 0 aliphatic rings. The second-order valence-corrected chi connectivity index (χ2v) is 7.64. The van der Waals surface area contributed by atoms with Crippen LogP contribution >= 0.6 is 0 Å². The summed E-state index contributed by atoms with van der Waals surface area (Å²) in [4.78, 5) is 4.39. The zero-order valence-electron chi connectivity index (χ0n) is 14.2. The van der Waals surface area contributed by atoms with E-state index in [4.69, 9.17) is 4.74 Å². The van der Waals surface area contributed by atoms with Crippen LogP contribution in [-0.2, 0) is 10.0 Å². The Morgan fingerprint density at radius 2 is 1.79 bits per heavy atom. The summed E-state index contributed by atoms with van der Waals surface area (Å²) in [6, 6.07) is 8.84. The number of imidazole rings is 1. The van der Waals surface area contributed by atoms with Crippen LogP contribution in [0.1, 0.15) is 23.6 Å². The van der Waals surface area contributed by atoms with Crippen LogP contribution in [0.25, 0.3) is 11.0 Å². The molecule has 3 rings (SSSR count). The molecular weight excluding hydrogens is 324 g/mol. The topological polar surface area (TPSA) is 61.2 Å². The van der Waals surface area contributed by atoms with Gasteiger partial charge in [0.1, 0.15) is 17.0 Å². The van der Waals surface area contributed by atoms with E-state index in [1.54, 1.807) is 18.2 Å². The van der Waals surface area contributed by atoms with Gasteiger partial charge in [0.05, 0.1) is 17.6 Å². The summed E-state index contributed by atoms with van der Waals surface area (Å²) in [7, 11) is -3.79. The van der Waals surface area contributed by atoms with Crippen LogP contribution < -0.4 is 4.74 Å². The normalized spacial score (nSPS) is 11.8. The molecule has 2 aromatic carbocycles.